The monoisotopic (exact) mass is 438 g/mol. The Labute approximate surface area is 188 Å². The fraction of sp³-hybridized carbons (Fsp3) is 0.280. The van der Waals surface area contributed by atoms with Gasteiger partial charge in [-0.1, -0.05) is 60.1 Å². The largest absolute Gasteiger partial charge is 0.483 e. The molecule has 0 saturated heterocycles. The molecule has 1 N–H and O–H groups in total. The second kappa shape index (κ2) is 10.3. The Balaban J connectivity index is 1.78. The van der Waals surface area contributed by atoms with Gasteiger partial charge >= 0.3 is 0 Å². The molecule has 162 valence electrons. The van der Waals surface area contributed by atoms with E-state index in [0.717, 1.165) is 16.3 Å². The maximum Gasteiger partial charge on any atom is 0.261 e. The Morgan fingerprint density at radius 3 is 2.35 bits per heavy atom. The molecule has 3 aromatic rings. The molecule has 1 atom stereocenters. The van der Waals surface area contributed by atoms with Crippen molar-refractivity contribution in [2.45, 2.75) is 39.4 Å². The maximum atomic E-state index is 13.2. The van der Waals surface area contributed by atoms with Crippen LogP contribution in [0.5, 0.6) is 5.75 Å². The number of amides is 2. The fourth-order valence-electron chi connectivity index (χ4n) is 3.32. The molecule has 5 nitrogen and oxygen atoms in total. The van der Waals surface area contributed by atoms with Crippen molar-refractivity contribution in [3.05, 3.63) is 77.3 Å². The van der Waals surface area contributed by atoms with Crippen LogP contribution in [0.25, 0.3) is 10.8 Å². The smallest absolute Gasteiger partial charge is 0.261 e. The molecule has 0 aliphatic rings. The Morgan fingerprint density at radius 1 is 0.968 bits per heavy atom. The van der Waals surface area contributed by atoms with E-state index in [2.05, 4.69) is 5.32 Å². The molecule has 0 saturated carbocycles. The summed E-state index contributed by atoms with van der Waals surface area (Å²) < 4.78 is 5.89. The minimum atomic E-state index is -0.651. The Hall–Kier alpha value is -3.05. The lowest BCUT2D eigenvalue weighted by molar-refractivity contribution is -0.142. The van der Waals surface area contributed by atoms with Crippen LogP contribution in [0.2, 0.25) is 5.02 Å². The molecular formula is C25H27ClN2O3. The van der Waals surface area contributed by atoms with Gasteiger partial charge in [-0.2, -0.15) is 0 Å². The summed E-state index contributed by atoms with van der Waals surface area (Å²) in [4.78, 5) is 27.3. The van der Waals surface area contributed by atoms with Gasteiger partial charge in [0.25, 0.3) is 5.91 Å². The van der Waals surface area contributed by atoms with E-state index in [0.29, 0.717) is 10.8 Å². The van der Waals surface area contributed by atoms with Crippen LogP contribution in [-0.4, -0.2) is 35.4 Å². The molecule has 0 fully saturated rings. The van der Waals surface area contributed by atoms with Crippen LogP contribution in [0.1, 0.15) is 26.3 Å². The number of ether oxygens (including phenoxy) is 1. The minimum Gasteiger partial charge on any atom is -0.483 e. The summed E-state index contributed by atoms with van der Waals surface area (Å²) in [7, 11) is 0. The number of halogens is 1. The first-order chi connectivity index (χ1) is 14.8. The van der Waals surface area contributed by atoms with Gasteiger partial charge in [-0.05, 0) is 49.9 Å². The lowest BCUT2D eigenvalue weighted by Gasteiger charge is -2.29. The summed E-state index contributed by atoms with van der Waals surface area (Å²) in [5.41, 5.74) is 0.882. The number of hydrogen-bond acceptors (Lipinski definition) is 3. The molecule has 0 aromatic heterocycles. The van der Waals surface area contributed by atoms with Crippen LogP contribution >= 0.6 is 11.6 Å². The van der Waals surface area contributed by atoms with E-state index in [9.17, 15) is 9.59 Å². The van der Waals surface area contributed by atoms with Gasteiger partial charge in [0.1, 0.15) is 11.8 Å². The standard InChI is InChI=1S/C25H27ClN2O3/c1-17(2)27-25(30)18(3)28(15-19-11-13-21(26)14-12-19)24(29)16-31-23-10-6-8-20-7-4-5-9-22(20)23/h4-14,17-18H,15-16H2,1-3H3,(H,27,30)/t18-/m0/s1. The van der Waals surface area contributed by atoms with Crippen molar-refractivity contribution >= 4 is 34.2 Å². The van der Waals surface area contributed by atoms with Gasteiger partial charge in [-0.25, -0.2) is 0 Å². The van der Waals surface area contributed by atoms with Crippen molar-refractivity contribution in [2.24, 2.45) is 0 Å². The highest BCUT2D eigenvalue weighted by atomic mass is 35.5. The summed E-state index contributed by atoms with van der Waals surface area (Å²) in [6.45, 7) is 5.62. The molecule has 6 heteroatoms. The van der Waals surface area contributed by atoms with Crippen LogP contribution in [0.15, 0.2) is 66.7 Å². The average molecular weight is 439 g/mol. The van der Waals surface area contributed by atoms with Crippen molar-refractivity contribution in [1.82, 2.24) is 10.2 Å². The maximum absolute atomic E-state index is 13.2. The number of carbonyl (C=O) groups excluding carboxylic acids is 2. The number of hydrogen-bond donors (Lipinski definition) is 1. The summed E-state index contributed by atoms with van der Waals surface area (Å²) in [6, 6.07) is 20.1. The molecule has 0 unspecified atom stereocenters. The van der Waals surface area contributed by atoms with Gasteiger partial charge in [-0.15, -0.1) is 0 Å². The Morgan fingerprint density at radius 2 is 1.65 bits per heavy atom. The SMILES string of the molecule is CC(C)NC(=O)[C@H](C)N(Cc1ccc(Cl)cc1)C(=O)COc1cccc2ccccc12. The summed E-state index contributed by atoms with van der Waals surface area (Å²) >= 11 is 5.98. The van der Waals surface area contributed by atoms with Gasteiger partial charge in [0.05, 0.1) is 0 Å². The predicted octanol–water partition coefficient (Wildman–Crippen LogP) is 4.81. The summed E-state index contributed by atoms with van der Waals surface area (Å²) in [5, 5.41) is 5.47. The van der Waals surface area contributed by atoms with E-state index in [4.69, 9.17) is 16.3 Å². The number of fused-ring (bicyclic) bond motifs is 1. The molecule has 3 aromatic carbocycles. The molecule has 3 rings (SSSR count). The number of nitrogens with one attached hydrogen (secondary N) is 1. The zero-order valence-electron chi connectivity index (χ0n) is 18.0. The lowest BCUT2D eigenvalue weighted by atomic mass is 10.1. The van der Waals surface area contributed by atoms with E-state index in [1.807, 2.05) is 68.4 Å². The van der Waals surface area contributed by atoms with E-state index >= 15 is 0 Å². The second-order valence-electron chi connectivity index (χ2n) is 7.75. The van der Waals surface area contributed by atoms with Crippen LogP contribution in [0.3, 0.4) is 0 Å². The van der Waals surface area contributed by atoms with Crippen LogP contribution in [0.4, 0.5) is 0 Å². The normalized spacial score (nSPS) is 11.9. The molecule has 31 heavy (non-hydrogen) atoms. The van der Waals surface area contributed by atoms with E-state index < -0.39 is 6.04 Å². The third-order valence-electron chi connectivity index (χ3n) is 4.97. The highest BCUT2D eigenvalue weighted by Crippen LogP contribution is 2.25. The van der Waals surface area contributed by atoms with Gasteiger partial charge < -0.3 is 15.0 Å². The third-order valence-corrected chi connectivity index (χ3v) is 5.22. The zero-order chi connectivity index (χ0) is 22.4. The van der Waals surface area contributed by atoms with Crippen LogP contribution < -0.4 is 10.1 Å². The minimum absolute atomic E-state index is 0.0191. The van der Waals surface area contributed by atoms with Crippen LogP contribution in [0, 0.1) is 0 Å². The quantitative estimate of drug-likeness (QED) is 0.548. The van der Waals surface area contributed by atoms with Gasteiger partial charge in [0.15, 0.2) is 6.61 Å². The van der Waals surface area contributed by atoms with E-state index in [-0.39, 0.29) is 31.0 Å². The highest BCUT2D eigenvalue weighted by molar-refractivity contribution is 6.30. The second-order valence-corrected chi connectivity index (χ2v) is 8.19. The molecule has 2 amide bonds. The summed E-state index contributed by atoms with van der Waals surface area (Å²) in [6.07, 6.45) is 0. The van der Waals surface area contributed by atoms with Crippen molar-refractivity contribution in [1.29, 1.82) is 0 Å². The van der Waals surface area contributed by atoms with Gasteiger partial charge in [-0.3, -0.25) is 9.59 Å². The topological polar surface area (TPSA) is 58.6 Å². The lowest BCUT2D eigenvalue weighted by Crippen LogP contribution is -2.50. The van der Waals surface area contributed by atoms with E-state index in [1.54, 1.807) is 19.1 Å². The van der Waals surface area contributed by atoms with Gasteiger partial charge in [0.2, 0.25) is 5.91 Å². The van der Waals surface area contributed by atoms with Crippen molar-refractivity contribution < 1.29 is 14.3 Å². The molecule has 0 spiro atoms. The zero-order valence-corrected chi connectivity index (χ0v) is 18.7. The Bertz CT molecular complexity index is 1040. The van der Waals surface area contributed by atoms with Crippen LogP contribution in [-0.2, 0) is 16.1 Å². The molecule has 0 bridgehead atoms. The number of nitrogens with zero attached hydrogens (tertiary/aromatic N) is 1. The van der Waals surface area contributed by atoms with Crippen molar-refractivity contribution in [3.63, 3.8) is 0 Å². The Kier molecular flexibility index (Phi) is 7.53. The number of benzene rings is 3. The molecule has 0 aliphatic heterocycles. The van der Waals surface area contributed by atoms with E-state index in [1.165, 1.54) is 4.90 Å². The predicted molar refractivity (Wildman–Crippen MR) is 124 cm³/mol. The molecule has 0 aliphatic carbocycles. The first-order valence-corrected chi connectivity index (χ1v) is 10.7. The summed E-state index contributed by atoms with van der Waals surface area (Å²) in [5.74, 6) is 0.161. The first-order valence-electron chi connectivity index (χ1n) is 10.3. The molecular weight excluding hydrogens is 412 g/mol. The average Bonchev–Trinajstić information content (AvgIpc) is 2.76. The number of rotatable bonds is 8. The third kappa shape index (κ3) is 5.98. The molecule has 0 heterocycles. The highest BCUT2D eigenvalue weighted by Gasteiger charge is 2.27. The first kappa shape index (κ1) is 22.6. The molecule has 0 radical (unpaired) electrons. The van der Waals surface area contributed by atoms with Gasteiger partial charge in [0, 0.05) is 23.0 Å². The number of carbonyl (C=O) groups is 2. The van der Waals surface area contributed by atoms with Crippen molar-refractivity contribution in [3.8, 4) is 5.75 Å². The fourth-order valence-corrected chi connectivity index (χ4v) is 3.44. The van der Waals surface area contributed by atoms with Crippen molar-refractivity contribution in [2.75, 3.05) is 6.61 Å².